The predicted octanol–water partition coefficient (Wildman–Crippen LogP) is 2.87. The van der Waals surface area contributed by atoms with E-state index in [1.54, 1.807) is 6.07 Å². The van der Waals surface area contributed by atoms with Gasteiger partial charge in [-0.15, -0.1) is 0 Å². The average Bonchev–Trinajstić information content (AvgIpc) is 2.61. The van der Waals surface area contributed by atoms with Crippen LogP contribution in [0.5, 0.6) is 0 Å². The summed E-state index contributed by atoms with van der Waals surface area (Å²) < 4.78 is 15.7. The van der Waals surface area contributed by atoms with E-state index >= 15 is 0 Å². The largest absolute Gasteiger partial charge is 0.324 e. The number of hydrogen-bond acceptors (Lipinski definition) is 2. The second-order valence-electron chi connectivity index (χ2n) is 4.38. The Morgan fingerprint density at radius 3 is 2.72 bits per heavy atom. The summed E-state index contributed by atoms with van der Waals surface area (Å²) in [6.45, 7) is 1.94. The number of nitrogens with two attached hydrogens (primary N) is 1. The molecule has 0 spiro atoms. The van der Waals surface area contributed by atoms with Crippen molar-refractivity contribution in [1.82, 2.24) is 9.78 Å². The van der Waals surface area contributed by atoms with Gasteiger partial charge < -0.3 is 5.73 Å². The SMILES string of the molecule is Cc1cc(CC(N)c2ccc(Br)c(F)c2)n(C)n1. The van der Waals surface area contributed by atoms with Crippen molar-refractivity contribution in [1.29, 1.82) is 0 Å². The summed E-state index contributed by atoms with van der Waals surface area (Å²) in [4.78, 5) is 0. The van der Waals surface area contributed by atoms with Gasteiger partial charge in [0.2, 0.25) is 0 Å². The number of halogens is 2. The van der Waals surface area contributed by atoms with E-state index in [4.69, 9.17) is 5.73 Å². The number of aromatic nitrogens is 2. The fraction of sp³-hybridized carbons (Fsp3) is 0.308. The molecule has 0 amide bonds. The topological polar surface area (TPSA) is 43.8 Å². The number of rotatable bonds is 3. The Morgan fingerprint density at radius 1 is 1.44 bits per heavy atom. The maximum absolute atomic E-state index is 13.4. The monoisotopic (exact) mass is 311 g/mol. The van der Waals surface area contributed by atoms with Crippen LogP contribution in [-0.2, 0) is 13.5 Å². The molecular weight excluding hydrogens is 297 g/mol. The first-order valence-corrected chi connectivity index (χ1v) is 6.46. The Labute approximate surface area is 114 Å². The fourth-order valence-electron chi connectivity index (χ4n) is 1.94. The van der Waals surface area contributed by atoms with Crippen LogP contribution >= 0.6 is 15.9 Å². The zero-order valence-corrected chi connectivity index (χ0v) is 11.9. The van der Waals surface area contributed by atoms with Gasteiger partial charge in [-0.2, -0.15) is 5.10 Å². The summed E-state index contributed by atoms with van der Waals surface area (Å²) in [5, 5.41) is 4.27. The van der Waals surface area contributed by atoms with Gasteiger partial charge in [-0.25, -0.2) is 4.39 Å². The van der Waals surface area contributed by atoms with Gasteiger partial charge in [-0.3, -0.25) is 4.68 Å². The lowest BCUT2D eigenvalue weighted by molar-refractivity contribution is 0.605. The molecule has 0 aliphatic heterocycles. The van der Waals surface area contributed by atoms with E-state index in [0.717, 1.165) is 17.0 Å². The maximum Gasteiger partial charge on any atom is 0.137 e. The molecule has 1 heterocycles. The Hall–Kier alpha value is -1.20. The Bertz CT molecular complexity index is 565. The van der Waals surface area contributed by atoms with Crippen molar-refractivity contribution in [3.05, 3.63) is 51.5 Å². The Morgan fingerprint density at radius 2 is 2.17 bits per heavy atom. The lowest BCUT2D eigenvalue weighted by Gasteiger charge is -2.12. The molecule has 1 aromatic carbocycles. The van der Waals surface area contributed by atoms with Crippen LogP contribution in [0, 0.1) is 12.7 Å². The molecule has 3 nitrogen and oxygen atoms in total. The molecule has 1 unspecified atom stereocenters. The smallest absolute Gasteiger partial charge is 0.137 e. The maximum atomic E-state index is 13.4. The van der Waals surface area contributed by atoms with Crippen molar-refractivity contribution < 1.29 is 4.39 Å². The molecule has 0 aliphatic rings. The number of benzene rings is 1. The molecule has 96 valence electrons. The van der Waals surface area contributed by atoms with Crippen LogP contribution in [0.3, 0.4) is 0 Å². The van der Waals surface area contributed by atoms with Crippen LogP contribution in [0.2, 0.25) is 0 Å². The lowest BCUT2D eigenvalue weighted by atomic mass is 10.0. The van der Waals surface area contributed by atoms with Crippen LogP contribution in [0.4, 0.5) is 4.39 Å². The molecule has 1 atom stereocenters. The first-order chi connectivity index (χ1) is 8.47. The second-order valence-corrected chi connectivity index (χ2v) is 5.24. The van der Waals surface area contributed by atoms with E-state index in [9.17, 15) is 4.39 Å². The van der Waals surface area contributed by atoms with Crippen LogP contribution in [-0.4, -0.2) is 9.78 Å². The summed E-state index contributed by atoms with van der Waals surface area (Å²) in [6.07, 6.45) is 0.637. The zero-order chi connectivity index (χ0) is 13.3. The summed E-state index contributed by atoms with van der Waals surface area (Å²) in [6, 6.07) is 6.75. The summed E-state index contributed by atoms with van der Waals surface area (Å²) in [5.41, 5.74) is 8.89. The Balaban J connectivity index is 2.19. The van der Waals surface area contributed by atoms with Crippen LogP contribution < -0.4 is 5.73 Å². The third-order valence-electron chi connectivity index (χ3n) is 2.90. The number of aryl methyl sites for hydroxylation is 2. The van der Waals surface area contributed by atoms with Crippen molar-refractivity contribution in [2.75, 3.05) is 0 Å². The van der Waals surface area contributed by atoms with Crippen molar-refractivity contribution >= 4 is 15.9 Å². The molecule has 2 rings (SSSR count). The molecule has 0 saturated carbocycles. The first-order valence-electron chi connectivity index (χ1n) is 5.67. The molecular formula is C13H15BrFN3. The molecule has 0 saturated heterocycles. The van der Waals surface area contributed by atoms with Crippen molar-refractivity contribution in [3.8, 4) is 0 Å². The molecule has 18 heavy (non-hydrogen) atoms. The number of nitrogens with zero attached hydrogens (tertiary/aromatic N) is 2. The van der Waals surface area contributed by atoms with E-state index in [1.807, 2.05) is 30.8 Å². The highest BCUT2D eigenvalue weighted by Gasteiger charge is 2.12. The standard InChI is InChI=1S/C13H15BrFN3/c1-8-5-10(18(2)17-8)7-13(16)9-3-4-11(14)12(15)6-9/h3-6,13H,7,16H2,1-2H3. The third kappa shape index (κ3) is 2.79. The molecule has 5 heteroatoms. The van der Waals surface area contributed by atoms with Crippen molar-refractivity contribution in [2.24, 2.45) is 12.8 Å². The number of hydrogen-bond donors (Lipinski definition) is 1. The minimum atomic E-state index is -0.288. The van der Waals surface area contributed by atoms with Crippen molar-refractivity contribution in [2.45, 2.75) is 19.4 Å². The lowest BCUT2D eigenvalue weighted by Crippen LogP contribution is -2.15. The summed E-state index contributed by atoms with van der Waals surface area (Å²) >= 11 is 3.13. The highest BCUT2D eigenvalue weighted by Crippen LogP contribution is 2.22. The Kier molecular flexibility index (Phi) is 3.82. The first kappa shape index (κ1) is 13.2. The van der Waals surface area contributed by atoms with Gasteiger partial charge in [0.25, 0.3) is 0 Å². The van der Waals surface area contributed by atoms with E-state index in [2.05, 4.69) is 21.0 Å². The molecule has 0 aliphatic carbocycles. The van der Waals surface area contributed by atoms with Crippen LogP contribution in [0.1, 0.15) is 23.0 Å². The van der Waals surface area contributed by atoms with E-state index in [1.165, 1.54) is 6.07 Å². The van der Waals surface area contributed by atoms with Crippen LogP contribution in [0.15, 0.2) is 28.7 Å². The van der Waals surface area contributed by atoms with Gasteiger partial charge in [-0.1, -0.05) is 6.07 Å². The van der Waals surface area contributed by atoms with E-state index in [-0.39, 0.29) is 11.9 Å². The molecule has 0 fully saturated rings. The molecule has 0 bridgehead atoms. The van der Waals surface area contributed by atoms with Gasteiger partial charge in [-0.05, 0) is 46.6 Å². The highest BCUT2D eigenvalue weighted by atomic mass is 79.9. The quantitative estimate of drug-likeness (QED) is 0.947. The minimum Gasteiger partial charge on any atom is -0.324 e. The van der Waals surface area contributed by atoms with Crippen molar-refractivity contribution in [3.63, 3.8) is 0 Å². The molecule has 1 aromatic heterocycles. The average molecular weight is 312 g/mol. The van der Waals surface area contributed by atoms with Gasteiger partial charge in [0, 0.05) is 25.2 Å². The third-order valence-corrected chi connectivity index (χ3v) is 3.54. The second kappa shape index (κ2) is 5.20. The van der Waals surface area contributed by atoms with Gasteiger partial charge in [0.05, 0.1) is 10.2 Å². The normalized spacial score (nSPS) is 12.7. The molecule has 2 aromatic rings. The molecule has 2 N–H and O–H groups in total. The fourth-order valence-corrected chi connectivity index (χ4v) is 2.19. The van der Waals surface area contributed by atoms with E-state index < -0.39 is 0 Å². The molecule has 0 radical (unpaired) electrons. The van der Waals surface area contributed by atoms with E-state index in [0.29, 0.717) is 10.9 Å². The minimum absolute atomic E-state index is 0.234. The van der Waals surface area contributed by atoms with Gasteiger partial charge in [0.15, 0.2) is 0 Å². The highest BCUT2D eigenvalue weighted by molar-refractivity contribution is 9.10. The summed E-state index contributed by atoms with van der Waals surface area (Å²) in [5.74, 6) is -0.288. The predicted molar refractivity (Wildman–Crippen MR) is 72.7 cm³/mol. The van der Waals surface area contributed by atoms with Gasteiger partial charge >= 0.3 is 0 Å². The van der Waals surface area contributed by atoms with Gasteiger partial charge in [0.1, 0.15) is 5.82 Å². The van der Waals surface area contributed by atoms with Crippen LogP contribution in [0.25, 0.3) is 0 Å². The summed E-state index contributed by atoms with van der Waals surface area (Å²) in [7, 11) is 1.89. The zero-order valence-electron chi connectivity index (χ0n) is 10.3.